The lowest BCUT2D eigenvalue weighted by atomic mass is 10.0. The fourth-order valence-electron chi connectivity index (χ4n) is 3.33. The van der Waals surface area contributed by atoms with E-state index in [1.165, 1.54) is 16.7 Å². The fourth-order valence-corrected chi connectivity index (χ4v) is 3.33. The maximum atomic E-state index is 12.4. The molecule has 4 heteroatoms. The largest absolute Gasteiger partial charge is 0.310 e. The Balaban J connectivity index is 1.81. The lowest BCUT2D eigenvalue weighted by Gasteiger charge is -2.28. The minimum atomic E-state index is 0.0313. The molecule has 1 aliphatic rings. The molecule has 3 rings (SSSR count). The topological polar surface area (TPSA) is 49.0 Å². The number of H-pyrrole nitrogens is 1. The van der Waals surface area contributed by atoms with Crippen LogP contribution >= 0.6 is 0 Å². The van der Waals surface area contributed by atoms with Gasteiger partial charge >= 0.3 is 0 Å². The average Bonchev–Trinajstić information content (AvgIpc) is 2.46. The highest BCUT2D eigenvalue weighted by atomic mass is 16.1. The van der Waals surface area contributed by atoms with E-state index in [4.69, 9.17) is 0 Å². The summed E-state index contributed by atoms with van der Waals surface area (Å²) in [5.74, 6) is 1.05. The predicted molar refractivity (Wildman–Crippen MR) is 92.7 cm³/mol. The predicted octanol–water partition coefficient (Wildman–Crippen LogP) is 3.07. The quantitative estimate of drug-likeness (QED) is 0.947. The van der Waals surface area contributed by atoms with E-state index in [1.807, 2.05) is 0 Å². The Morgan fingerprint density at radius 3 is 2.57 bits per heavy atom. The van der Waals surface area contributed by atoms with E-state index < -0.39 is 0 Å². The van der Waals surface area contributed by atoms with Crippen molar-refractivity contribution in [2.75, 3.05) is 6.54 Å². The maximum absolute atomic E-state index is 12.4. The minimum absolute atomic E-state index is 0.0313. The third kappa shape index (κ3) is 3.53. The number of nitrogens with one attached hydrogen (secondary N) is 1. The van der Waals surface area contributed by atoms with Gasteiger partial charge in [0.25, 0.3) is 5.56 Å². The highest BCUT2D eigenvalue weighted by molar-refractivity contribution is 5.29. The van der Waals surface area contributed by atoms with E-state index in [2.05, 4.69) is 60.8 Å². The molecule has 0 radical (unpaired) electrons. The van der Waals surface area contributed by atoms with Crippen molar-refractivity contribution in [1.29, 1.82) is 0 Å². The van der Waals surface area contributed by atoms with E-state index in [9.17, 15) is 4.79 Å². The Labute approximate surface area is 137 Å². The third-order valence-electron chi connectivity index (χ3n) is 4.40. The zero-order valence-electron chi connectivity index (χ0n) is 14.4. The summed E-state index contributed by atoms with van der Waals surface area (Å²) < 4.78 is 0. The van der Waals surface area contributed by atoms with Crippen molar-refractivity contribution in [3.63, 3.8) is 0 Å². The van der Waals surface area contributed by atoms with Gasteiger partial charge in [-0.15, -0.1) is 0 Å². The monoisotopic (exact) mass is 311 g/mol. The highest BCUT2D eigenvalue weighted by Crippen LogP contribution is 2.19. The summed E-state index contributed by atoms with van der Waals surface area (Å²) in [5, 5.41) is 0. The second kappa shape index (κ2) is 6.28. The van der Waals surface area contributed by atoms with E-state index >= 15 is 0 Å². The number of hydrogen-bond acceptors (Lipinski definition) is 3. The van der Waals surface area contributed by atoms with Gasteiger partial charge in [0.05, 0.1) is 11.3 Å². The molecule has 0 unspecified atom stereocenters. The number of aromatic nitrogens is 2. The molecule has 1 aromatic heterocycles. The van der Waals surface area contributed by atoms with Gasteiger partial charge in [-0.3, -0.25) is 9.69 Å². The van der Waals surface area contributed by atoms with Gasteiger partial charge in [0.15, 0.2) is 0 Å². The summed E-state index contributed by atoms with van der Waals surface area (Å²) in [6, 6.07) is 6.65. The van der Waals surface area contributed by atoms with Crippen molar-refractivity contribution in [2.24, 2.45) is 0 Å². The molecule has 23 heavy (non-hydrogen) atoms. The van der Waals surface area contributed by atoms with Gasteiger partial charge in [0.1, 0.15) is 5.82 Å². The van der Waals surface area contributed by atoms with Crippen LogP contribution in [0.5, 0.6) is 0 Å². The van der Waals surface area contributed by atoms with Crippen LogP contribution in [0.4, 0.5) is 0 Å². The standard InChI is InChI=1S/C19H25N3O/c1-12(2)18-20-17-5-6-22(11-16(17)19(23)21-18)10-15-8-13(3)7-14(4)9-15/h7-9,12H,5-6,10-11H2,1-4H3,(H,20,21,23). The molecule has 1 N–H and O–H groups in total. The smallest absolute Gasteiger partial charge is 0.255 e. The van der Waals surface area contributed by atoms with Crippen molar-refractivity contribution in [2.45, 2.75) is 53.1 Å². The van der Waals surface area contributed by atoms with Crippen LogP contribution in [0.2, 0.25) is 0 Å². The molecule has 1 aromatic carbocycles. The first-order valence-corrected chi connectivity index (χ1v) is 8.34. The summed E-state index contributed by atoms with van der Waals surface area (Å²) >= 11 is 0. The molecular formula is C19H25N3O. The Hall–Kier alpha value is -1.94. The lowest BCUT2D eigenvalue weighted by Crippen LogP contribution is -2.36. The number of aromatic amines is 1. The average molecular weight is 311 g/mol. The number of benzene rings is 1. The van der Waals surface area contributed by atoms with E-state index in [0.717, 1.165) is 36.6 Å². The van der Waals surface area contributed by atoms with Crippen LogP contribution < -0.4 is 5.56 Å². The van der Waals surface area contributed by atoms with Crippen LogP contribution in [0, 0.1) is 13.8 Å². The fraction of sp³-hybridized carbons (Fsp3) is 0.474. The molecule has 0 fully saturated rings. The van der Waals surface area contributed by atoms with Crippen LogP contribution in [0.3, 0.4) is 0 Å². The van der Waals surface area contributed by atoms with Crippen molar-refractivity contribution in [3.05, 3.63) is 62.3 Å². The number of aryl methyl sites for hydroxylation is 2. The van der Waals surface area contributed by atoms with Gasteiger partial charge in [0, 0.05) is 32.0 Å². The van der Waals surface area contributed by atoms with Crippen LogP contribution in [0.15, 0.2) is 23.0 Å². The maximum Gasteiger partial charge on any atom is 0.255 e. The summed E-state index contributed by atoms with van der Waals surface area (Å²) in [7, 11) is 0. The molecule has 0 aliphatic carbocycles. The first kappa shape index (κ1) is 15.9. The second-order valence-corrected chi connectivity index (χ2v) is 6.99. The minimum Gasteiger partial charge on any atom is -0.310 e. The van der Waals surface area contributed by atoms with Crippen LogP contribution in [0.25, 0.3) is 0 Å². The summed E-state index contributed by atoms with van der Waals surface area (Å²) in [5.41, 5.74) is 5.74. The van der Waals surface area contributed by atoms with Gasteiger partial charge in [-0.25, -0.2) is 4.98 Å². The molecule has 1 aliphatic heterocycles. The van der Waals surface area contributed by atoms with Gasteiger partial charge in [-0.2, -0.15) is 0 Å². The van der Waals surface area contributed by atoms with Crippen LogP contribution in [-0.4, -0.2) is 21.4 Å². The molecule has 0 spiro atoms. The first-order valence-electron chi connectivity index (χ1n) is 8.34. The zero-order valence-corrected chi connectivity index (χ0v) is 14.4. The second-order valence-electron chi connectivity index (χ2n) is 6.99. The van der Waals surface area contributed by atoms with Gasteiger partial charge < -0.3 is 4.98 Å². The molecule has 0 amide bonds. The van der Waals surface area contributed by atoms with E-state index in [0.29, 0.717) is 6.54 Å². The molecule has 2 aromatic rings. The lowest BCUT2D eigenvalue weighted by molar-refractivity contribution is 0.241. The normalized spacial score (nSPS) is 15.0. The van der Waals surface area contributed by atoms with Crippen molar-refractivity contribution in [1.82, 2.24) is 14.9 Å². The number of hydrogen-bond donors (Lipinski definition) is 1. The SMILES string of the molecule is Cc1cc(C)cc(CN2CCc3nc(C(C)C)[nH]c(=O)c3C2)c1. The molecule has 0 saturated heterocycles. The molecule has 122 valence electrons. The van der Waals surface area contributed by atoms with Crippen LogP contribution in [-0.2, 0) is 19.5 Å². The summed E-state index contributed by atoms with van der Waals surface area (Å²) in [4.78, 5) is 22.3. The molecule has 0 bridgehead atoms. The summed E-state index contributed by atoms with van der Waals surface area (Å²) in [6.07, 6.45) is 0.851. The number of nitrogens with zero attached hydrogens (tertiary/aromatic N) is 2. The molecular weight excluding hydrogens is 286 g/mol. The highest BCUT2D eigenvalue weighted by Gasteiger charge is 2.21. The van der Waals surface area contributed by atoms with Gasteiger partial charge in [-0.05, 0) is 19.4 Å². The Bertz CT molecular complexity index is 756. The molecule has 0 atom stereocenters. The number of rotatable bonds is 3. The van der Waals surface area contributed by atoms with E-state index in [1.54, 1.807) is 0 Å². The third-order valence-corrected chi connectivity index (χ3v) is 4.40. The summed E-state index contributed by atoms with van der Waals surface area (Å²) in [6.45, 7) is 10.9. The van der Waals surface area contributed by atoms with Gasteiger partial charge in [0.2, 0.25) is 0 Å². The Morgan fingerprint density at radius 1 is 1.22 bits per heavy atom. The van der Waals surface area contributed by atoms with Crippen molar-refractivity contribution < 1.29 is 0 Å². The Kier molecular flexibility index (Phi) is 4.35. The molecule has 4 nitrogen and oxygen atoms in total. The molecule has 0 saturated carbocycles. The zero-order chi connectivity index (χ0) is 16.6. The Morgan fingerprint density at radius 2 is 1.91 bits per heavy atom. The van der Waals surface area contributed by atoms with Crippen molar-refractivity contribution in [3.8, 4) is 0 Å². The van der Waals surface area contributed by atoms with E-state index in [-0.39, 0.29) is 11.5 Å². The first-order chi connectivity index (χ1) is 10.9. The van der Waals surface area contributed by atoms with Gasteiger partial charge in [-0.1, -0.05) is 43.2 Å². The van der Waals surface area contributed by atoms with Crippen LogP contribution in [0.1, 0.15) is 53.5 Å². The number of fused-ring (bicyclic) bond motifs is 1. The van der Waals surface area contributed by atoms with Crippen molar-refractivity contribution >= 4 is 0 Å². The molecule has 2 heterocycles.